The Labute approximate surface area is 117 Å². The Kier molecular flexibility index (Phi) is 4.88. The number of esters is 1. The van der Waals surface area contributed by atoms with Gasteiger partial charge in [0.05, 0.1) is 6.54 Å². The van der Waals surface area contributed by atoms with Crippen molar-refractivity contribution in [2.45, 2.75) is 65.0 Å². The second kappa shape index (κ2) is 6.25. The van der Waals surface area contributed by atoms with E-state index in [-0.39, 0.29) is 12.1 Å². The molecule has 19 heavy (non-hydrogen) atoms. The Hall–Kier alpha value is -0.570. The molecule has 0 heterocycles. The summed E-state index contributed by atoms with van der Waals surface area (Å²) in [6.07, 6.45) is 6.14. The SMILES string of the molecule is CC1CCC(C(C)C)C(OC(=O)CN(C)C2CC2)C1. The van der Waals surface area contributed by atoms with Gasteiger partial charge in [-0.1, -0.05) is 27.2 Å². The lowest BCUT2D eigenvalue weighted by atomic mass is 9.75. The van der Waals surface area contributed by atoms with Crippen LogP contribution in [-0.4, -0.2) is 36.6 Å². The first-order valence-corrected chi connectivity index (χ1v) is 7.87. The van der Waals surface area contributed by atoms with Crippen LogP contribution in [0.1, 0.15) is 52.9 Å². The van der Waals surface area contributed by atoms with E-state index in [9.17, 15) is 4.79 Å². The topological polar surface area (TPSA) is 29.5 Å². The normalized spacial score (nSPS) is 31.8. The van der Waals surface area contributed by atoms with Crippen LogP contribution in [0.15, 0.2) is 0 Å². The molecule has 0 saturated heterocycles. The van der Waals surface area contributed by atoms with Gasteiger partial charge in [0.2, 0.25) is 0 Å². The van der Waals surface area contributed by atoms with Gasteiger partial charge in [0.1, 0.15) is 6.10 Å². The zero-order chi connectivity index (χ0) is 14.0. The highest BCUT2D eigenvalue weighted by atomic mass is 16.5. The average Bonchev–Trinajstić information content (AvgIpc) is 3.11. The van der Waals surface area contributed by atoms with Gasteiger partial charge >= 0.3 is 5.97 Å². The van der Waals surface area contributed by atoms with Crippen molar-refractivity contribution in [3.63, 3.8) is 0 Å². The minimum Gasteiger partial charge on any atom is -0.461 e. The van der Waals surface area contributed by atoms with Gasteiger partial charge in [-0.15, -0.1) is 0 Å². The second-order valence-electron chi connectivity index (χ2n) is 7.00. The van der Waals surface area contributed by atoms with Crippen LogP contribution in [0.3, 0.4) is 0 Å². The second-order valence-corrected chi connectivity index (χ2v) is 7.00. The summed E-state index contributed by atoms with van der Waals surface area (Å²) < 4.78 is 5.80. The summed E-state index contributed by atoms with van der Waals surface area (Å²) in [4.78, 5) is 14.2. The molecule has 0 spiro atoms. The summed E-state index contributed by atoms with van der Waals surface area (Å²) in [5, 5.41) is 0. The number of hydrogen-bond donors (Lipinski definition) is 0. The van der Waals surface area contributed by atoms with Crippen LogP contribution >= 0.6 is 0 Å². The maximum Gasteiger partial charge on any atom is 0.320 e. The summed E-state index contributed by atoms with van der Waals surface area (Å²) in [5.74, 6) is 1.81. The number of likely N-dealkylation sites (N-methyl/N-ethyl adjacent to an activating group) is 1. The van der Waals surface area contributed by atoms with Crippen molar-refractivity contribution in [3.05, 3.63) is 0 Å². The molecular weight excluding hydrogens is 238 g/mol. The monoisotopic (exact) mass is 267 g/mol. The van der Waals surface area contributed by atoms with Gasteiger partial charge in [-0.3, -0.25) is 9.69 Å². The number of carbonyl (C=O) groups excluding carboxylic acids is 1. The van der Waals surface area contributed by atoms with Crippen molar-refractivity contribution in [1.82, 2.24) is 4.90 Å². The Morgan fingerprint density at radius 1 is 1.26 bits per heavy atom. The predicted molar refractivity (Wildman–Crippen MR) is 76.9 cm³/mol. The largest absolute Gasteiger partial charge is 0.461 e. The molecule has 0 aromatic carbocycles. The van der Waals surface area contributed by atoms with Crippen molar-refractivity contribution in [1.29, 1.82) is 0 Å². The Morgan fingerprint density at radius 2 is 1.95 bits per heavy atom. The molecule has 0 bridgehead atoms. The van der Waals surface area contributed by atoms with Crippen LogP contribution in [-0.2, 0) is 9.53 Å². The van der Waals surface area contributed by atoms with E-state index in [1.807, 2.05) is 7.05 Å². The maximum atomic E-state index is 12.1. The minimum absolute atomic E-state index is 0.0286. The van der Waals surface area contributed by atoms with E-state index in [4.69, 9.17) is 4.74 Å². The van der Waals surface area contributed by atoms with Gasteiger partial charge in [0.15, 0.2) is 0 Å². The fourth-order valence-electron chi connectivity index (χ4n) is 3.30. The Balaban J connectivity index is 1.84. The van der Waals surface area contributed by atoms with Crippen molar-refractivity contribution in [2.75, 3.05) is 13.6 Å². The Bertz CT molecular complexity index is 312. The molecule has 0 radical (unpaired) electrons. The molecule has 3 nitrogen and oxygen atoms in total. The molecule has 2 aliphatic rings. The highest BCUT2D eigenvalue weighted by Gasteiger charge is 2.34. The zero-order valence-electron chi connectivity index (χ0n) is 12.9. The third-order valence-corrected chi connectivity index (χ3v) is 4.79. The van der Waals surface area contributed by atoms with Crippen LogP contribution in [0.25, 0.3) is 0 Å². The Morgan fingerprint density at radius 3 is 2.53 bits per heavy atom. The van der Waals surface area contributed by atoms with Crippen LogP contribution in [0.4, 0.5) is 0 Å². The lowest BCUT2D eigenvalue weighted by Crippen LogP contribution is -2.38. The number of carbonyl (C=O) groups is 1. The van der Waals surface area contributed by atoms with Gasteiger partial charge in [0.25, 0.3) is 0 Å². The number of ether oxygens (including phenoxy) is 1. The smallest absolute Gasteiger partial charge is 0.320 e. The van der Waals surface area contributed by atoms with Crippen LogP contribution in [0, 0.1) is 17.8 Å². The molecule has 2 saturated carbocycles. The first-order chi connectivity index (χ1) is 8.97. The summed E-state index contributed by atoms with van der Waals surface area (Å²) in [7, 11) is 2.03. The third kappa shape index (κ3) is 4.20. The molecule has 2 aliphatic carbocycles. The van der Waals surface area contributed by atoms with Crippen LogP contribution < -0.4 is 0 Å². The van der Waals surface area contributed by atoms with Crippen LogP contribution in [0.5, 0.6) is 0 Å². The first-order valence-electron chi connectivity index (χ1n) is 7.87. The van der Waals surface area contributed by atoms with Gasteiger partial charge in [-0.2, -0.15) is 0 Å². The summed E-state index contributed by atoms with van der Waals surface area (Å²) in [5.41, 5.74) is 0. The molecule has 3 atom stereocenters. The molecule has 110 valence electrons. The molecule has 3 unspecified atom stereocenters. The molecular formula is C16H29NO2. The summed E-state index contributed by atoms with van der Waals surface area (Å²) in [6, 6.07) is 0.624. The molecule has 0 aliphatic heterocycles. The van der Waals surface area contributed by atoms with Crippen molar-refractivity contribution in [3.8, 4) is 0 Å². The van der Waals surface area contributed by atoms with Gasteiger partial charge < -0.3 is 4.74 Å². The molecule has 2 rings (SSSR count). The van der Waals surface area contributed by atoms with E-state index >= 15 is 0 Å². The van der Waals surface area contributed by atoms with Crippen molar-refractivity contribution < 1.29 is 9.53 Å². The highest BCUT2D eigenvalue weighted by molar-refractivity contribution is 5.72. The number of hydrogen-bond acceptors (Lipinski definition) is 3. The fourth-order valence-corrected chi connectivity index (χ4v) is 3.30. The molecule has 2 fully saturated rings. The fraction of sp³-hybridized carbons (Fsp3) is 0.938. The summed E-state index contributed by atoms with van der Waals surface area (Å²) >= 11 is 0. The highest BCUT2D eigenvalue weighted by Crippen LogP contribution is 2.35. The van der Waals surface area contributed by atoms with Crippen molar-refractivity contribution in [2.24, 2.45) is 17.8 Å². The van der Waals surface area contributed by atoms with Gasteiger partial charge in [-0.25, -0.2) is 0 Å². The lowest BCUT2D eigenvalue weighted by Gasteiger charge is -2.37. The van der Waals surface area contributed by atoms with E-state index in [2.05, 4.69) is 25.7 Å². The molecule has 0 aromatic heterocycles. The third-order valence-electron chi connectivity index (χ3n) is 4.79. The van der Waals surface area contributed by atoms with Crippen LogP contribution in [0.2, 0.25) is 0 Å². The van der Waals surface area contributed by atoms with E-state index < -0.39 is 0 Å². The van der Waals surface area contributed by atoms with Gasteiger partial charge in [-0.05, 0) is 50.5 Å². The molecule has 0 amide bonds. The quantitative estimate of drug-likeness (QED) is 0.717. The van der Waals surface area contributed by atoms with E-state index in [1.165, 1.54) is 25.7 Å². The minimum atomic E-state index is -0.0286. The summed E-state index contributed by atoms with van der Waals surface area (Å²) in [6.45, 7) is 7.23. The zero-order valence-corrected chi connectivity index (χ0v) is 12.9. The molecule has 0 aromatic rings. The number of rotatable bonds is 5. The maximum absolute atomic E-state index is 12.1. The van der Waals surface area contributed by atoms with E-state index in [0.29, 0.717) is 30.3 Å². The standard InChI is InChI=1S/C16H29NO2/c1-11(2)14-8-5-12(3)9-15(14)19-16(18)10-17(4)13-6-7-13/h11-15H,5-10H2,1-4H3. The van der Waals surface area contributed by atoms with E-state index in [0.717, 1.165) is 6.42 Å². The van der Waals surface area contributed by atoms with Crippen molar-refractivity contribution >= 4 is 5.97 Å². The number of nitrogens with zero attached hydrogens (tertiary/aromatic N) is 1. The molecule has 3 heteroatoms. The first kappa shape index (κ1) is 14.8. The van der Waals surface area contributed by atoms with E-state index in [1.54, 1.807) is 0 Å². The van der Waals surface area contributed by atoms with Gasteiger partial charge in [0, 0.05) is 6.04 Å². The molecule has 0 N–H and O–H groups in total. The average molecular weight is 267 g/mol. The predicted octanol–water partition coefficient (Wildman–Crippen LogP) is 3.08. The lowest BCUT2D eigenvalue weighted by molar-refractivity contribution is -0.157.